The van der Waals surface area contributed by atoms with Crippen molar-refractivity contribution in [3.05, 3.63) is 83.2 Å². The molecule has 2 N–H and O–H groups in total. The molecule has 0 aliphatic rings. The molecule has 0 fully saturated rings. The van der Waals surface area contributed by atoms with Crippen LogP contribution in [-0.4, -0.2) is 16.2 Å². The molecule has 0 unspecified atom stereocenters. The second kappa shape index (κ2) is 9.43. The van der Waals surface area contributed by atoms with E-state index in [0.29, 0.717) is 17.9 Å². The van der Waals surface area contributed by atoms with E-state index in [9.17, 15) is 14.3 Å². The number of phenolic OH excluding ortho intramolecular Hbond substituents is 1. The van der Waals surface area contributed by atoms with E-state index >= 15 is 0 Å². The van der Waals surface area contributed by atoms with Gasteiger partial charge in [-0.25, -0.2) is 4.39 Å². The van der Waals surface area contributed by atoms with Gasteiger partial charge >= 0.3 is 5.97 Å². The summed E-state index contributed by atoms with van der Waals surface area (Å²) < 4.78 is 20.5. The minimum atomic E-state index is -0.832. The van der Waals surface area contributed by atoms with Crippen molar-refractivity contribution >= 4 is 5.97 Å². The van der Waals surface area contributed by atoms with Crippen molar-refractivity contribution in [3.8, 4) is 22.6 Å². The zero-order valence-electron chi connectivity index (χ0n) is 18.9. The average molecular weight is 437 g/mol. The second-order valence-electron chi connectivity index (χ2n) is 9.15. The minimum Gasteiger partial charge on any atom is -0.508 e. The van der Waals surface area contributed by atoms with Crippen molar-refractivity contribution in [2.45, 2.75) is 52.1 Å². The van der Waals surface area contributed by atoms with E-state index in [2.05, 4.69) is 20.8 Å². The Hall–Kier alpha value is -3.34. The van der Waals surface area contributed by atoms with Crippen molar-refractivity contribution in [2.24, 2.45) is 0 Å². The van der Waals surface area contributed by atoms with Gasteiger partial charge in [-0.3, -0.25) is 4.79 Å². The Morgan fingerprint density at radius 1 is 1.03 bits per heavy atom. The molecule has 0 aromatic heterocycles. The number of phenols is 1. The first-order chi connectivity index (χ1) is 15.0. The van der Waals surface area contributed by atoms with Gasteiger partial charge in [0, 0.05) is 5.56 Å². The first-order valence-electron chi connectivity index (χ1n) is 10.6. The molecule has 0 amide bonds. The summed E-state index contributed by atoms with van der Waals surface area (Å²) in [6, 6.07) is 17.3. The number of halogens is 1. The van der Waals surface area contributed by atoms with Crippen molar-refractivity contribution < 1.29 is 24.1 Å². The van der Waals surface area contributed by atoms with Gasteiger partial charge in [0.05, 0.1) is 6.42 Å². The van der Waals surface area contributed by atoms with Crippen molar-refractivity contribution in [1.82, 2.24) is 0 Å². The van der Waals surface area contributed by atoms with Crippen LogP contribution in [0.4, 0.5) is 4.39 Å². The maximum Gasteiger partial charge on any atom is 0.303 e. The molecule has 168 valence electrons. The SMILES string of the molecule is C[C@H](CC(=O)O)c1cccc(OCc2ccc(-c3cc(O)ccc3F)c(C(C)(C)C)c2)c1. The first kappa shape index (κ1) is 23.3. The predicted octanol–water partition coefficient (Wildman–Crippen LogP) is 6.65. The number of carbonyl (C=O) groups is 1. The van der Waals surface area contributed by atoms with Crippen LogP contribution in [0.25, 0.3) is 11.1 Å². The van der Waals surface area contributed by atoms with E-state index < -0.39 is 5.97 Å². The topological polar surface area (TPSA) is 66.8 Å². The van der Waals surface area contributed by atoms with Crippen LogP contribution in [0.3, 0.4) is 0 Å². The Morgan fingerprint density at radius 2 is 1.78 bits per heavy atom. The molecule has 5 heteroatoms. The number of carboxylic acid groups (broad SMARTS) is 1. The molecule has 4 nitrogen and oxygen atoms in total. The minimum absolute atomic E-state index is 0.0191. The predicted molar refractivity (Wildman–Crippen MR) is 124 cm³/mol. The molecule has 1 atom stereocenters. The van der Waals surface area contributed by atoms with E-state index in [1.54, 1.807) is 0 Å². The third-order valence-corrected chi connectivity index (χ3v) is 5.45. The lowest BCUT2D eigenvalue weighted by Gasteiger charge is -2.24. The maximum atomic E-state index is 14.5. The van der Waals surface area contributed by atoms with Gasteiger partial charge in [0.1, 0.15) is 23.9 Å². The molecule has 0 bridgehead atoms. The van der Waals surface area contributed by atoms with Gasteiger partial charge in [0.15, 0.2) is 0 Å². The quantitative estimate of drug-likeness (QED) is 0.435. The highest BCUT2D eigenvalue weighted by Crippen LogP contribution is 2.36. The molecule has 0 radical (unpaired) electrons. The molecule has 0 aliphatic carbocycles. The summed E-state index contributed by atoms with van der Waals surface area (Å²) in [7, 11) is 0. The summed E-state index contributed by atoms with van der Waals surface area (Å²) in [5.41, 5.74) is 3.64. The summed E-state index contributed by atoms with van der Waals surface area (Å²) >= 11 is 0. The van der Waals surface area contributed by atoms with E-state index in [-0.39, 0.29) is 29.3 Å². The molecule has 0 saturated heterocycles. The Morgan fingerprint density at radius 3 is 2.47 bits per heavy atom. The van der Waals surface area contributed by atoms with Gasteiger partial charge in [-0.05, 0) is 63.9 Å². The normalized spacial score (nSPS) is 12.4. The average Bonchev–Trinajstić information content (AvgIpc) is 2.73. The molecule has 3 aromatic rings. The summed E-state index contributed by atoms with van der Waals surface area (Å²) in [4.78, 5) is 11.0. The molecule has 3 aromatic carbocycles. The van der Waals surface area contributed by atoms with Gasteiger partial charge in [-0.1, -0.05) is 58.0 Å². The number of ether oxygens (including phenoxy) is 1. The zero-order valence-corrected chi connectivity index (χ0v) is 18.9. The standard InChI is InChI=1S/C27H29FO4/c1-17(12-26(30)31)19-6-5-7-21(14-19)32-16-18-8-10-22(24(13-18)27(2,3)4)23-15-20(29)9-11-25(23)28/h5-11,13-15,17,29H,12,16H2,1-4H3,(H,30,31)/t17-/m1/s1. The van der Waals surface area contributed by atoms with Gasteiger partial charge in [-0.2, -0.15) is 0 Å². The Bertz CT molecular complexity index is 1110. The fourth-order valence-corrected chi connectivity index (χ4v) is 3.71. The largest absolute Gasteiger partial charge is 0.508 e. The summed E-state index contributed by atoms with van der Waals surface area (Å²) in [6.45, 7) is 8.38. The van der Waals surface area contributed by atoms with E-state index in [0.717, 1.165) is 22.3 Å². The highest BCUT2D eigenvalue weighted by molar-refractivity contribution is 5.71. The third-order valence-electron chi connectivity index (χ3n) is 5.45. The van der Waals surface area contributed by atoms with Gasteiger partial charge in [0.2, 0.25) is 0 Å². The molecule has 32 heavy (non-hydrogen) atoms. The molecule has 0 saturated carbocycles. The molecular formula is C27H29FO4. The number of aromatic hydroxyl groups is 1. The van der Waals surface area contributed by atoms with Gasteiger partial charge in [0.25, 0.3) is 0 Å². The molecular weight excluding hydrogens is 407 g/mol. The Balaban J connectivity index is 1.86. The van der Waals surface area contributed by atoms with Crippen LogP contribution < -0.4 is 4.74 Å². The van der Waals surface area contributed by atoms with Gasteiger partial charge in [-0.15, -0.1) is 0 Å². The van der Waals surface area contributed by atoms with Crippen LogP contribution >= 0.6 is 0 Å². The molecule has 3 rings (SSSR count). The smallest absolute Gasteiger partial charge is 0.303 e. The van der Waals surface area contributed by atoms with Crippen molar-refractivity contribution in [1.29, 1.82) is 0 Å². The number of aliphatic carboxylic acids is 1. The lowest BCUT2D eigenvalue weighted by atomic mass is 9.81. The van der Waals surface area contributed by atoms with Crippen molar-refractivity contribution in [3.63, 3.8) is 0 Å². The van der Waals surface area contributed by atoms with Crippen molar-refractivity contribution in [2.75, 3.05) is 0 Å². The van der Waals surface area contributed by atoms with E-state index in [4.69, 9.17) is 9.84 Å². The van der Waals surface area contributed by atoms with Crippen LogP contribution in [0.1, 0.15) is 56.7 Å². The van der Waals surface area contributed by atoms with Crippen LogP contribution in [0.2, 0.25) is 0 Å². The number of hydrogen-bond acceptors (Lipinski definition) is 3. The lowest BCUT2D eigenvalue weighted by molar-refractivity contribution is -0.137. The Kier molecular flexibility index (Phi) is 6.87. The highest BCUT2D eigenvalue weighted by Gasteiger charge is 2.21. The summed E-state index contributed by atoms with van der Waals surface area (Å²) in [6.07, 6.45) is 0.0610. The number of carboxylic acids is 1. The van der Waals surface area contributed by atoms with E-state index in [1.807, 2.05) is 49.4 Å². The zero-order chi connectivity index (χ0) is 23.5. The second-order valence-corrected chi connectivity index (χ2v) is 9.15. The van der Waals surface area contributed by atoms with Gasteiger partial charge < -0.3 is 14.9 Å². The molecule has 0 heterocycles. The van der Waals surface area contributed by atoms with Crippen LogP contribution in [0, 0.1) is 5.82 Å². The fourth-order valence-electron chi connectivity index (χ4n) is 3.71. The monoisotopic (exact) mass is 436 g/mol. The van der Waals surface area contributed by atoms with Crippen LogP contribution in [-0.2, 0) is 16.8 Å². The van der Waals surface area contributed by atoms with Crippen LogP contribution in [0.5, 0.6) is 11.5 Å². The third kappa shape index (κ3) is 5.67. The number of benzene rings is 3. The number of rotatable bonds is 7. The van der Waals surface area contributed by atoms with E-state index in [1.165, 1.54) is 18.2 Å². The molecule has 0 spiro atoms. The van der Waals surface area contributed by atoms with Crippen LogP contribution in [0.15, 0.2) is 60.7 Å². The summed E-state index contributed by atoms with van der Waals surface area (Å²) in [5.74, 6) is -0.641. The Labute approximate surface area is 188 Å². The lowest BCUT2D eigenvalue weighted by Crippen LogP contribution is -2.14. The highest BCUT2D eigenvalue weighted by atomic mass is 19.1. The number of hydrogen-bond donors (Lipinski definition) is 2. The fraction of sp³-hybridized carbons (Fsp3) is 0.296. The summed E-state index contributed by atoms with van der Waals surface area (Å²) in [5, 5.41) is 18.9. The molecule has 0 aliphatic heterocycles. The maximum absolute atomic E-state index is 14.5. The first-order valence-corrected chi connectivity index (χ1v) is 10.6.